The first kappa shape index (κ1) is 16.3. The van der Waals surface area contributed by atoms with Gasteiger partial charge >= 0.3 is 0 Å². The second kappa shape index (κ2) is 7.00. The third-order valence-corrected chi connectivity index (χ3v) is 5.59. The lowest BCUT2D eigenvalue weighted by atomic mass is 10.0. The molecule has 0 spiro atoms. The lowest BCUT2D eigenvalue weighted by Crippen LogP contribution is -2.48. The van der Waals surface area contributed by atoms with E-state index in [2.05, 4.69) is 31.8 Å². The molecule has 2 aromatic heterocycles. The predicted molar refractivity (Wildman–Crippen MR) is 97.6 cm³/mol. The molecule has 4 rings (SSSR count). The molecule has 0 aliphatic carbocycles. The quantitative estimate of drug-likeness (QED) is 0.911. The van der Waals surface area contributed by atoms with Gasteiger partial charge in [0.1, 0.15) is 17.8 Å². The Balaban J connectivity index is 1.36. The fourth-order valence-electron chi connectivity index (χ4n) is 4.05. The van der Waals surface area contributed by atoms with Crippen molar-refractivity contribution in [2.75, 3.05) is 44.7 Å². The van der Waals surface area contributed by atoms with Crippen molar-refractivity contribution >= 4 is 22.8 Å². The smallest absolute Gasteiger partial charge is 0.236 e. The molecule has 0 atom stereocenters. The molecule has 1 amide bonds. The van der Waals surface area contributed by atoms with Gasteiger partial charge in [-0.15, -0.1) is 0 Å². The fraction of sp³-hybridized carbons (Fsp3) is 0.611. The Bertz CT molecular complexity index is 730. The van der Waals surface area contributed by atoms with Crippen LogP contribution in [0.15, 0.2) is 18.6 Å². The second-order valence-electron chi connectivity index (χ2n) is 7.14. The monoisotopic (exact) mass is 342 g/mol. The molecule has 2 fully saturated rings. The minimum Gasteiger partial charge on any atom is -0.356 e. The van der Waals surface area contributed by atoms with Gasteiger partial charge in [-0.05, 0) is 44.8 Å². The third kappa shape index (κ3) is 3.33. The lowest BCUT2D eigenvalue weighted by Gasteiger charge is -2.37. The number of piperidine rings is 1. The molecule has 134 valence electrons. The Hall–Kier alpha value is -2.15. The summed E-state index contributed by atoms with van der Waals surface area (Å²) in [5, 5.41) is 1.05. The van der Waals surface area contributed by atoms with Crippen LogP contribution in [0.4, 0.5) is 5.82 Å². The zero-order chi connectivity index (χ0) is 17.2. The van der Waals surface area contributed by atoms with Gasteiger partial charge in [0.25, 0.3) is 0 Å². The Morgan fingerprint density at radius 3 is 2.76 bits per heavy atom. The van der Waals surface area contributed by atoms with Gasteiger partial charge in [0.15, 0.2) is 0 Å². The lowest BCUT2D eigenvalue weighted by molar-refractivity contribution is -0.133. The molecular formula is C18H26N6O. The summed E-state index contributed by atoms with van der Waals surface area (Å²) < 4.78 is 0. The van der Waals surface area contributed by atoms with Gasteiger partial charge < -0.3 is 14.8 Å². The first-order valence-corrected chi connectivity index (χ1v) is 9.23. The molecule has 0 saturated carbocycles. The van der Waals surface area contributed by atoms with Crippen LogP contribution in [0, 0.1) is 0 Å². The SMILES string of the molecule is CN(c1ncnc2[nH]ccc12)C1CCN(C(=O)CN2CCCC2)CC1. The molecule has 0 radical (unpaired) electrons. The van der Waals surface area contributed by atoms with Crippen LogP contribution in [0.5, 0.6) is 0 Å². The van der Waals surface area contributed by atoms with Crippen LogP contribution < -0.4 is 4.90 Å². The van der Waals surface area contributed by atoms with Crippen LogP contribution in [0.1, 0.15) is 25.7 Å². The van der Waals surface area contributed by atoms with E-state index in [1.165, 1.54) is 12.8 Å². The number of hydrogen-bond donors (Lipinski definition) is 1. The van der Waals surface area contributed by atoms with Crippen molar-refractivity contribution in [1.82, 2.24) is 24.8 Å². The highest BCUT2D eigenvalue weighted by molar-refractivity contribution is 5.87. The van der Waals surface area contributed by atoms with Crippen molar-refractivity contribution < 1.29 is 4.79 Å². The summed E-state index contributed by atoms with van der Waals surface area (Å²) in [5.74, 6) is 1.26. The van der Waals surface area contributed by atoms with E-state index in [9.17, 15) is 4.79 Å². The summed E-state index contributed by atoms with van der Waals surface area (Å²) in [5.41, 5.74) is 0.870. The number of anilines is 1. The number of carbonyl (C=O) groups is 1. The van der Waals surface area contributed by atoms with E-state index in [0.29, 0.717) is 12.6 Å². The van der Waals surface area contributed by atoms with Gasteiger partial charge in [0.05, 0.1) is 11.9 Å². The maximum Gasteiger partial charge on any atom is 0.236 e. The highest BCUT2D eigenvalue weighted by atomic mass is 16.2. The molecule has 0 aromatic carbocycles. The number of aromatic amines is 1. The molecule has 7 heteroatoms. The number of nitrogens with one attached hydrogen (secondary N) is 1. The van der Waals surface area contributed by atoms with Crippen molar-refractivity contribution in [2.45, 2.75) is 31.7 Å². The van der Waals surface area contributed by atoms with Gasteiger partial charge in [-0.2, -0.15) is 0 Å². The molecule has 1 N–H and O–H groups in total. The largest absolute Gasteiger partial charge is 0.356 e. The molecule has 2 aliphatic heterocycles. The molecular weight excluding hydrogens is 316 g/mol. The first-order chi connectivity index (χ1) is 12.2. The van der Waals surface area contributed by atoms with Crippen molar-refractivity contribution in [3.05, 3.63) is 18.6 Å². The summed E-state index contributed by atoms with van der Waals surface area (Å²) >= 11 is 0. The average molecular weight is 342 g/mol. The molecule has 0 unspecified atom stereocenters. The number of H-pyrrole nitrogens is 1. The number of carbonyl (C=O) groups excluding carboxylic acids is 1. The number of likely N-dealkylation sites (tertiary alicyclic amines) is 2. The minimum absolute atomic E-state index is 0.290. The molecule has 2 aromatic rings. The van der Waals surface area contributed by atoms with E-state index in [1.807, 2.05) is 17.2 Å². The van der Waals surface area contributed by atoms with Crippen LogP contribution in [0.25, 0.3) is 11.0 Å². The number of nitrogens with zero attached hydrogens (tertiary/aromatic N) is 5. The molecule has 2 saturated heterocycles. The van der Waals surface area contributed by atoms with Crippen LogP contribution in [-0.4, -0.2) is 76.5 Å². The average Bonchev–Trinajstić information content (AvgIpc) is 3.32. The van der Waals surface area contributed by atoms with Crippen LogP contribution in [0.2, 0.25) is 0 Å². The zero-order valence-corrected chi connectivity index (χ0v) is 14.8. The van der Waals surface area contributed by atoms with Crippen molar-refractivity contribution in [3.63, 3.8) is 0 Å². The predicted octanol–water partition coefficient (Wildman–Crippen LogP) is 1.48. The minimum atomic E-state index is 0.290. The maximum atomic E-state index is 12.5. The fourth-order valence-corrected chi connectivity index (χ4v) is 4.05. The summed E-state index contributed by atoms with van der Waals surface area (Å²) in [7, 11) is 2.10. The number of rotatable bonds is 4. The van der Waals surface area contributed by atoms with Crippen LogP contribution in [0.3, 0.4) is 0 Å². The van der Waals surface area contributed by atoms with Crippen molar-refractivity contribution in [3.8, 4) is 0 Å². The summed E-state index contributed by atoms with van der Waals surface area (Å²) in [4.78, 5) is 30.9. The van der Waals surface area contributed by atoms with Crippen LogP contribution >= 0.6 is 0 Å². The zero-order valence-electron chi connectivity index (χ0n) is 14.8. The van der Waals surface area contributed by atoms with E-state index in [-0.39, 0.29) is 5.91 Å². The second-order valence-corrected chi connectivity index (χ2v) is 7.14. The number of hydrogen-bond acceptors (Lipinski definition) is 5. The first-order valence-electron chi connectivity index (χ1n) is 9.23. The van der Waals surface area contributed by atoms with E-state index >= 15 is 0 Å². The van der Waals surface area contributed by atoms with E-state index in [4.69, 9.17) is 0 Å². The highest BCUT2D eigenvalue weighted by Crippen LogP contribution is 2.26. The van der Waals surface area contributed by atoms with Crippen LogP contribution in [-0.2, 0) is 4.79 Å². The highest BCUT2D eigenvalue weighted by Gasteiger charge is 2.28. The van der Waals surface area contributed by atoms with E-state index in [1.54, 1.807) is 6.33 Å². The van der Waals surface area contributed by atoms with Gasteiger partial charge in [0, 0.05) is 32.4 Å². The molecule has 0 bridgehead atoms. The van der Waals surface area contributed by atoms with Gasteiger partial charge in [-0.25, -0.2) is 9.97 Å². The van der Waals surface area contributed by atoms with Crippen molar-refractivity contribution in [2.24, 2.45) is 0 Å². The van der Waals surface area contributed by atoms with Crippen molar-refractivity contribution in [1.29, 1.82) is 0 Å². The van der Waals surface area contributed by atoms with Gasteiger partial charge in [-0.1, -0.05) is 0 Å². The molecule has 4 heterocycles. The summed E-state index contributed by atoms with van der Waals surface area (Å²) in [6, 6.07) is 2.43. The Kier molecular flexibility index (Phi) is 4.57. The number of aromatic nitrogens is 3. The summed E-state index contributed by atoms with van der Waals surface area (Å²) in [6.07, 6.45) is 7.94. The Morgan fingerprint density at radius 1 is 1.24 bits per heavy atom. The molecule has 2 aliphatic rings. The Morgan fingerprint density at radius 2 is 2.00 bits per heavy atom. The number of fused-ring (bicyclic) bond motifs is 1. The molecule has 25 heavy (non-hydrogen) atoms. The topological polar surface area (TPSA) is 68.4 Å². The van der Waals surface area contributed by atoms with E-state index < -0.39 is 0 Å². The normalized spacial score (nSPS) is 19.6. The molecule has 7 nitrogen and oxygen atoms in total. The number of amides is 1. The van der Waals surface area contributed by atoms with Gasteiger partial charge in [0.2, 0.25) is 5.91 Å². The summed E-state index contributed by atoms with van der Waals surface area (Å²) in [6.45, 7) is 4.42. The third-order valence-electron chi connectivity index (χ3n) is 5.59. The maximum absolute atomic E-state index is 12.5. The standard InChI is InChI=1S/C18H26N6O/c1-22(18-15-4-7-19-17(15)20-13-21-18)14-5-10-24(11-6-14)16(25)12-23-8-2-3-9-23/h4,7,13-14H,2-3,5-6,8-12H2,1H3,(H,19,20,21). The van der Waals surface area contributed by atoms with E-state index in [0.717, 1.165) is 55.9 Å². The van der Waals surface area contributed by atoms with Gasteiger partial charge in [-0.3, -0.25) is 9.69 Å². The Labute approximate surface area is 148 Å².